The highest BCUT2D eigenvalue weighted by Gasteiger charge is 2.27. The number of carbonyl (C=O) groups excluding carboxylic acids is 1. The van der Waals surface area contributed by atoms with E-state index in [9.17, 15) is 18.0 Å². The molecule has 4 aromatic rings. The van der Waals surface area contributed by atoms with Crippen LogP contribution in [0.25, 0.3) is 10.2 Å². The van der Waals surface area contributed by atoms with Crippen molar-refractivity contribution in [2.45, 2.75) is 11.8 Å². The van der Waals surface area contributed by atoms with Gasteiger partial charge < -0.3 is 14.6 Å². The zero-order valence-corrected chi connectivity index (χ0v) is 21.3. The Labute approximate surface area is 211 Å². The highest BCUT2D eigenvalue weighted by Crippen LogP contribution is 2.27. The molecule has 0 radical (unpaired) electrons. The second-order valence-electron chi connectivity index (χ2n) is 7.55. The number of rotatable bonds is 8. The fraction of sp³-hybridized carbons (Fsp3) is 0.167. The Morgan fingerprint density at radius 1 is 1.09 bits per heavy atom. The van der Waals surface area contributed by atoms with Crippen molar-refractivity contribution in [3.05, 3.63) is 81.4 Å². The van der Waals surface area contributed by atoms with E-state index >= 15 is 0 Å². The van der Waals surface area contributed by atoms with Crippen LogP contribution in [0.4, 0.5) is 11.4 Å². The number of carbonyl (C=O) groups is 1. The van der Waals surface area contributed by atoms with Crippen LogP contribution in [0.1, 0.15) is 6.92 Å². The topological polar surface area (TPSA) is 97.7 Å². The Balaban J connectivity index is 1.64. The molecule has 0 aliphatic rings. The number of nitrogens with one attached hydrogen (secondary N) is 1. The maximum absolute atomic E-state index is 13.5. The van der Waals surface area contributed by atoms with E-state index in [-0.39, 0.29) is 9.77 Å². The molecule has 0 aliphatic carbocycles. The summed E-state index contributed by atoms with van der Waals surface area (Å²) >= 11 is 6.99. The summed E-state index contributed by atoms with van der Waals surface area (Å²) in [5, 5.41) is 3.13. The summed E-state index contributed by atoms with van der Waals surface area (Å²) in [4.78, 5) is 24.8. The first-order valence-electron chi connectivity index (χ1n) is 10.6. The van der Waals surface area contributed by atoms with Gasteiger partial charge in [0.2, 0.25) is 5.91 Å². The van der Waals surface area contributed by atoms with Gasteiger partial charge >= 0.3 is 4.87 Å². The van der Waals surface area contributed by atoms with Gasteiger partial charge in [-0.2, -0.15) is 0 Å². The van der Waals surface area contributed by atoms with Gasteiger partial charge in [0.25, 0.3) is 10.0 Å². The molecular formula is C24H22ClN3O5S2. The van der Waals surface area contributed by atoms with Crippen LogP contribution in [0.2, 0.25) is 5.02 Å². The summed E-state index contributed by atoms with van der Waals surface area (Å²) < 4.78 is 35.7. The quantitative estimate of drug-likeness (QED) is 0.361. The summed E-state index contributed by atoms with van der Waals surface area (Å²) in [5.41, 5.74) is 1.51. The van der Waals surface area contributed by atoms with Crippen LogP contribution in [0.5, 0.6) is 5.75 Å². The van der Waals surface area contributed by atoms with E-state index in [0.29, 0.717) is 33.5 Å². The smallest absolute Gasteiger partial charge is 0.307 e. The Bertz CT molecular complexity index is 1530. The molecule has 0 bridgehead atoms. The number of aryl methyl sites for hydroxylation is 1. The van der Waals surface area contributed by atoms with Crippen molar-refractivity contribution < 1.29 is 17.9 Å². The average molecular weight is 532 g/mol. The molecule has 4 rings (SSSR count). The van der Waals surface area contributed by atoms with Crippen molar-refractivity contribution in [2.24, 2.45) is 7.05 Å². The molecule has 182 valence electrons. The summed E-state index contributed by atoms with van der Waals surface area (Å²) in [6.45, 7) is 1.85. The third-order valence-corrected chi connectivity index (χ3v) is 8.24. The first-order chi connectivity index (χ1) is 16.7. The molecule has 1 heterocycles. The van der Waals surface area contributed by atoms with Gasteiger partial charge in [-0.1, -0.05) is 22.9 Å². The molecule has 1 N–H and O–H groups in total. The van der Waals surface area contributed by atoms with Gasteiger partial charge in [-0.25, -0.2) is 8.42 Å². The lowest BCUT2D eigenvalue weighted by molar-refractivity contribution is -0.114. The summed E-state index contributed by atoms with van der Waals surface area (Å²) in [5.74, 6) is 0.0405. The van der Waals surface area contributed by atoms with Crippen LogP contribution in [0.3, 0.4) is 0 Å². The maximum atomic E-state index is 13.5. The number of thiazole rings is 1. The standard InChI is InChI=1S/C24H22ClN3O5S2/c1-3-33-19-9-7-18(8-10-19)28(35(31,32)20-11-4-16(25)5-12-20)15-23(29)26-17-6-13-21-22(14-17)34-24(30)27(21)2/h4-14H,3,15H2,1-2H3,(H,26,29). The average Bonchev–Trinajstić information content (AvgIpc) is 3.11. The van der Waals surface area contributed by atoms with E-state index in [1.165, 1.54) is 28.8 Å². The van der Waals surface area contributed by atoms with Crippen molar-refractivity contribution in [1.82, 2.24) is 4.57 Å². The summed E-state index contributed by atoms with van der Waals surface area (Å²) in [6, 6.07) is 17.3. The molecular weight excluding hydrogens is 510 g/mol. The number of sulfonamides is 1. The van der Waals surface area contributed by atoms with Gasteiger partial charge in [0.15, 0.2) is 0 Å². The Morgan fingerprint density at radius 3 is 2.43 bits per heavy atom. The van der Waals surface area contributed by atoms with Crippen LogP contribution in [0, 0.1) is 0 Å². The van der Waals surface area contributed by atoms with Crippen LogP contribution < -0.4 is 19.2 Å². The van der Waals surface area contributed by atoms with Gasteiger partial charge in [-0.05, 0) is 73.7 Å². The largest absolute Gasteiger partial charge is 0.494 e. The summed E-state index contributed by atoms with van der Waals surface area (Å²) in [7, 11) is -2.41. The zero-order chi connectivity index (χ0) is 25.2. The number of ether oxygens (including phenoxy) is 1. The minimum Gasteiger partial charge on any atom is -0.494 e. The van der Waals surface area contributed by atoms with Gasteiger partial charge in [0.1, 0.15) is 12.3 Å². The van der Waals surface area contributed by atoms with Crippen LogP contribution in [0.15, 0.2) is 76.4 Å². The van der Waals surface area contributed by atoms with E-state index < -0.39 is 22.5 Å². The third-order valence-electron chi connectivity index (χ3n) is 5.20. The number of benzene rings is 3. The molecule has 0 atom stereocenters. The zero-order valence-electron chi connectivity index (χ0n) is 18.9. The molecule has 35 heavy (non-hydrogen) atoms. The first-order valence-corrected chi connectivity index (χ1v) is 13.2. The fourth-order valence-corrected chi connectivity index (χ4v) is 5.93. The number of fused-ring (bicyclic) bond motifs is 1. The molecule has 0 aliphatic heterocycles. The number of amides is 1. The SMILES string of the molecule is CCOc1ccc(N(CC(=O)Nc2ccc3c(c2)sc(=O)n3C)S(=O)(=O)c2ccc(Cl)cc2)cc1. The lowest BCUT2D eigenvalue weighted by Crippen LogP contribution is -2.38. The molecule has 0 saturated heterocycles. The molecule has 8 nitrogen and oxygen atoms in total. The van der Waals surface area contributed by atoms with Gasteiger partial charge in [0, 0.05) is 17.8 Å². The fourth-order valence-electron chi connectivity index (χ4n) is 3.47. The second-order valence-corrected chi connectivity index (χ2v) is 10.8. The molecule has 0 fully saturated rings. The maximum Gasteiger partial charge on any atom is 0.307 e. The molecule has 1 aromatic heterocycles. The second kappa shape index (κ2) is 10.1. The monoisotopic (exact) mass is 531 g/mol. The molecule has 0 unspecified atom stereocenters. The lowest BCUT2D eigenvalue weighted by Gasteiger charge is -2.24. The number of hydrogen-bond donors (Lipinski definition) is 1. The minimum absolute atomic E-state index is 0.000866. The highest BCUT2D eigenvalue weighted by atomic mass is 35.5. The van der Waals surface area contributed by atoms with E-state index in [4.69, 9.17) is 16.3 Å². The molecule has 11 heteroatoms. The summed E-state index contributed by atoms with van der Waals surface area (Å²) in [6.07, 6.45) is 0. The van der Waals surface area contributed by atoms with E-state index in [1.807, 2.05) is 6.92 Å². The van der Waals surface area contributed by atoms with Crippen molar-refractivity contribution in [3.8, 4) is 5.75 Å². The minimum atomic E-state index is -4.09. The Kier molecular flexibility index (Phi) is 7.15. The number of nitrogens with zero attached hydrogens (tertiary/aromatic N) is 2. The predicted molar refractivity (Wildman–Crippen MR) is 139 cm³/mol. The molecule has 0 spiro atoms. The third kappa shape index (κ3) is 5.34. The number of hydrogen-bond acceptors (Lipinski definition) is 6. The molecule has 1 amide bonds. The van der Waals surface area contributed by atoms with Crippen LogP contribution >= 0.6 is 22.9 Å². The molecule has 0 saturated carbocycles. The van der Waals surface area contributed by atoms with Crippen molar-refractivity contribution in [1.29, 1.82) is 0 Å². The van der Waals surface area contributed by atoms with E-state index in [2.05, 4.69) is 5.32 Å². The van der Waals surface area contributed by atoms with Gasteiger partial charge in [-0.3, -0.25) is 13.9 Å². The molecule has 3 aromatic carbocycles. The Morgan fingerprint density at radius 2 is 1.77 bits per heavy atom. The van der Waals surface area contributed by atoms with E-state index in [0.717, 1.165) is 21.2 Å². The number of halogens is 1. The van der Waals surface area contributed by atoms with Crippen molar-refractivity contribution in [2.75, 3.05) is 22.8 Å². The van der Waals surface area contributed by atoms with Gasteiger partial charge in [0.05, 0.1) is 27.4 Å². The Hall–Kier alpha value is -3.34. The number of aromatic nitrogens is 1. The first kappa shape index (κ1) is 24.8. The normalized spacial score (nSPS) is 11.4. The lowest BCUT2D eigenvalue weighted by atomic mass is 10.3. The van der Waals surface area contributed by atoms with Gasteiger partial charge in [-0.15, -0.1) is 0 Å². The van der Waals surface area contributed by atoms with Crippen molar-refractivity contribution >= 4 is 60.5 Å². The highest BCUT2D eigenvalue weighted by molar-refractivity contribution is 7.92. The van der Waals surface area contributed by atoms with E-state index in [1.54, 1.807) is 49.5 Å². The van der Waals surface area contributed by atoms with Crippen LogP contribution in [-0.2, 0) is 21.9 Å². The number of anilines is 2. The van der Waals surface area contributed by atoms with Crippen molar-refractivity contribution in [3.63, 3.8) is 0 Å². The van der Waals surface area contributed by atoms with Crippen LogP contribution in [-0.4, -0.2) is 32.0 Å². The predicted octanol–water partition coefficient (Wildman–Crippen LogP) is 4.49.